The van der Waals surface area contributed by atoms with Crippen LogP contribution in [0, 0.1) is 12.8 Å². The third kappa shape index (κ3) is 1.93. The molecule has 4 nitrogen and oxygen atoms in total. The van der Waals surface area contributed by atoms with Gasteiger partial charge in [0.1, 0.15) is 0 Å². The van der Waals surface area contributed by atoms with Crippen LogP contribution in [0.4, 0.5) is 0 Å². The minimum Gasteiger partial charge on any atom is -0.330 e. The van der Waals surface area contributed by atoms with E-state index >= 15 is 0 Å². The molecule has 2 aromatic rings. The molecule has 94 valence electrons. The summed E-state index contributed by atoms with van der Waals surface area (Å²) in [5.74, 6) is 0.570. The standard InChI is InChI=1S/C14H18N4/c1-10-2-5-12(6-3-10)18-14-7-4-11(9-15)8-13(14)16-17-18/h2-3,5-6,11H,4,7-9,15H2,1H3. The molecule has 18 heavy (non-hydrogen) atoms. The van der Waals surface area contributed by atoms with Crippen LogP contribution in [0.3, 0.4) is 0 Å². The smallest absolute Gasteiger partial charge is 0.0867 e. The second-order valence-corrected chi connectivity index (χ2v) is 5.07. The molecule has 1 aliphatic rings. The Morgan fingerprint density at radius 1 is 1.33 bits per heavy atom. The Labute approximate surface area is 107 Å². The van der Waals surface area contributed by atoms with E-state index in [4.69, 9.17) is 5.73 Å². The lowest BCUT2D eigenvalue weighted by Gasteiger charge is -2.20. The fourth-order valence-corrected chi connectivity index (χ4v) is 2.55. The maximum Gasteiger partial charge on any atom is 0.0867 e. The molecule has 0 fully saturated rings. The lowest BCUT2D eigenvalue weighted by Crippen LogP contribution is -2.23. The number of aromatic nitrogens is 3. The first-order valence-electron chi connectivity index (χ1n) is 6.48. The topological polar surface area (TPSA) is 56.7 Å². The molecule has 1 aliphatic carbocycles. The van der Waals surface area contributed by atoms with Crippen LogP contribution < -0.4 is 5.73 Å². The van der Waals surface area contributed by atoms with Crippen molar-refractivity contribution in [3.8, 4) is 5.69 Å². The minimum absolute atomic E-state index is 0.570. The molecule has 1 aromatic carbocycles. The van der Waals surface area contributed by atoms with Crippen molar-refractivity contribution in [1.29, 1.82) is 0 Å². The van der Waals surface area contributed by atoms with Gasteiger partial charge in [-0.05, 0) is 50.8 Å². The summed E-state index contributed by atoms with van der Waals surface area (Å²) < 4.78 is 1.97. The first-order valence-corrected chi connectivity index (χ1v) is 6.48. The fourth-order valence-electron chi connectivity index (χ4n) is 2.55. The molecule has 1 aromatic heterocycles. The van der Waals surface area contributed by atoms with Crippen LogP contribution >= 0.6 is 0 Å². The second-order valence-electron chi connectivity index (χ2n) is 5.07. The van der Waals surface area contributed by atoms with Crippen molar-refractivity contribution in [3.63, 3.8) is 0 Å². The summed E-state index contributed by atoms with van der Waals surface area (Å²) >= 11 is 0. The summed E-state index contributed by atoms with van der Waals surface area (Å²) in [6.45, 7) is 2.84. The Morgan fingerprint density at radius 2 is 2.11 bits per heavy atom. The monoisotopic (exact) mass is 242 g/mol. The van der Waals surface area contributed by atoms with Gasteiger partial charge in [-0.25, -0.2) is 4.68 Å². The van der Waals surface area contributed by atoms with Gasteiger partial charge >= 0.3 is 0 Å². The summed E-state index contributed by atoms with van der Waals surface area (Å²) in [5.41, 5.74) is 10.5. The quantitative estimate of drug-likeness (QED) is 0.871. The van der Waals surface area contributed by atoms with Crippen molar-refractivity contribution < 1.29 is 0 Å². The van der Waals surface area contributed by atoms with Gasteiger partial charge in [-0.1, -0.05) is 22.9 Å². The van der Waals surface area contributed by atoms with Crippen molar-refractivity contribution in [1.82, 2.24) is 15.0 Å². The van der Waals surface area contributed by atoms with E-state index in [9.17, 15) is 0 Å². The van der Waals surface area contributed by atoms with Gasteiger partial charge in [-0.3, -0.25) is 0 Å². The summed E-state index contributed by atoms with van der Waals surface area (Å²) in [5, 5.41) is 8.60. The predicted octanol–water partition coefficient (Wildman–Crippen LogP) is 1.64. The van der Waals surface area contributed by atoms with E-state index < -0.39 is 0 Å². The number of aryl methyl sites for hydroxylation is 1. The lowest BCUT2D eigenvalue weighted by atomic mass is 9.90. The van der Waals surface area contributed by atoms with Crippen molar-refractivity contribution in [2.45, 2.75) is 26.2 Å². The first-order chi connectivity index (χ1) is 8.78. The molecule has 0 aliphatic heterocycles. The molecule has 1 heterocycles. The van der Waals surface area contributed by atoms with Gasteiger partial charge in [0.05, 0.1) is 17.1 Å². The maximum absolute atomic E-state index is 5.74. The number of nitrogens with two attached hydrogens (primary N) is 1. The third-order valence-corrected chi connectivity index (χ3v) is 3.73. The normalized spacial score (nSPS) is 18.7. The molecule has 0 saturated heterocycles. The molecule has 0 bridgehead atoms. The van der Waals surface area contributed by atoms with Crippen molar-refractivity contribution >= 4 is 0 Å². The SMILES string of the molecule is Cc1ccc(-n2nnc3c2CCC(CN)C3)cc1. The molecule has 4 heteroatoms. The number of nitrogens with zero attached hydrogens (tertiary/aromatic N) is 3. The Balaban J connectivity index is 1.96. The van der Waals surface area contributed by atoms with E-state index in [1.807, 2.05) is 4.68 Å². The van der Waals surface area contributed by atoms with Gasteiger partial charge in [-0.15, -0.1) is 5.10 Å². The Hall–Kier alpha value is -1.68. The number of hydrogen-bond donors (Lipinski definition) is 1. The molecule has 0 amide bonds. The van der Waals surface area contributed by atoms with Crippen LogP contribution in [0.5, 0.6) is 0 Å². The molecular weight excluding hydrogens is 224 g/mol. The van der Waals surface area contributed by atoms with Gasteiger partial charge in [0, 0.05) is 0 Å². The van der Waals surface area contributed by atoms with Crippen LogP contribution in [-0.2, 0) is 12.8 Å². The molecule has 3 rings (SSSR count). The largest absolute Gasteiger partial charge is 0.330 e. The Morgan fingerprint density at radius 3 is 2.83 bits per heavy atom. The van der Waals surface area contributed by atoms with E-state index in [0.717, 1.165) is 37.2 Å². The number of fused-ring (bicyclic) bond motifs is 1. The molecule has 0 spiro atoms. The summed E-state index contributed by atoms with van der Waals surface area (Å²) in [4.78, 5) is 0. The van der Waals surface area contributed by atoms with E-state index in [1.165, 1.54) is 11.3 Å². The Bertz CT molecular complexity index is 541. The molecule has 0 saturated carbocycles. The van der Waals surface area contributed by atoms with E-state index in [1.54, 1.807) is 0 Å². The second kappa shape index (κ2) is 4.53. The highest BCUT2D eigenvalue weighted by Crippen LogP contribution is 2.25. The van der Waals surface area contributed by atoms with Crippen LogP contribution in [0.25, 0.3) is 5.69 Å². The summed E-state index contributed by atoms with van der Waals surface area (Å²) in [7, 11) is 0. The van der Waals surface area contributed by atoms with Crippen molar-refractivity contribution in [3.05, 3.63) is 41.2 Å². The summed E-state index contributed by atoms with van der Waals surface area (Å²) in [6.07, 6.45) is 3.14. The van der Waals surface area contributed by atoms with Crippen LogP contribution in [0.2, 0.25) is 0 Å². The van der Waals surface area contributed by atoms with Crippen LogP contribution in [-0.4, -0.2) is 21.5 Å². The first kappa shape index (κ1) is 11.4. The fraction of sp³-hybridized carbons (Fsp3) is 0.429. The highest BCUT2D eigenvalue weighted by atomic mass is 15.4. The summed E-state index contributed by atoms with van der Waals surface area (Å²) in [6, 6.07) is 8.41. The predicted molar refractivity (Wildman–Crippen MR) is 70.7 cm³/mol. The highest BCUT2D eigenvalue weighted by Gasteiger charge is 2.23. The van der Waals surface area contributed by atoms with Crippen molar-refractivity contribution in [2.24, 2.45) is 11.7 Å². The number of benzene rings is 1. The molecule has 0 radical (unpaired) electrons. The van der Waals surface area contributed by atoms with Gasteiger partial charge in [-0.2, -0.15) is 0 Å². The molecule has 1 atom stereocenters. The molecular formula is C14H18N4. The zero-order chi connectivity index (χ0) is 12.5. The minimum atomic E-state index is 0.570. The van der Waals surface area contributed by atoms with E-state index in [0.29, 0.717) is 5.92 Å². The molecule has 2 N–H and O–H groups in total. The lowest BCUT2D eigenvalue weighted by molar-refractivity contribution is 0.458. The Kier molecular flexibility index (Phi) is 2.88. The average Bonchev–Trinajstić information content (AvgIpc) is 2.82. The third-order valence-electron chi connectivity index (χ3n) is 3.73. The highest BCUT2D eigenvalue weighted by molar-refractivity contribution is 5.36. The van der Waals surface area contributed by atoms with E-state index in [2.05, 4.69) is 41.5 Å². The van der Waals surface area contributed by atoms with Crippen LogP contribution in [0.15, 0.2) is 24.3 Å². The number of rotatable bonds is 2. The van der Waals surface area contributed by atoms with E-state index in [-0.39, 0.29) is 0 Å². The van der Waals surface area contributed by atoms with Gasteiger partial charge in [0.15, 0.2) is 0 Å². The maximum atomic E-state index is 5.74. The number of hydrogen-bond acceptors (Lipinski definition) is 3. The zero-order valence-electron chi connectivity index (χ0n) is 10.6. The van der Waals surface area contributed by atoms with Gasteiger partial charge in [0.25, 0.3) is 0 Å². The van der Waals surface area contributed by atoms with Crippen LogP contribution in [0.1, 0.15) is 23.4 Å². The zero-order valence-corrected chi connectivity index (χ0v) is 10.6. The van der Waals surface area contributed by atoms with Gasteiger partial charge in [0.2, 0.25) is 0 Å². The molecule has 1 unspecified atom stereocenters. The van der Waals surface area contributed by atoms with Gasteiger partial charge < -0.3 is 5.73 Å². The average molecular weight is 242 g/mol. The van der Waals surface area contributed by atoms with Crippen molar-refractivity contribution in [2.75, 3.05) is 6.54 Å².